The van der Waals surface area contributed by atoms with E-state index in [9.17, 15) is 14.3 Å². The molecule has 10 heteroatoms. The average molecular weight is 512 g/mol. The van der Waals surface area contributed by atoms with Gasteiger partial charge in [-0.2, -0.15) is 0 Å². The van der Waals surface area contributed by atoms with Gasteiger partial charge in [-0.1, -0.05) is 17.7 Å². The molecule has 1 aliphatic heterocycles. The highest BCUT2D eigenvalue weighted by Crippen LogP contribution is 2.36. The molecule has 3 N–H and O–H groups in total. The maximum atomic E-state index is 13.6. The summed E-state index contributed by atoms with van der Waals surface area (Å²) in [7, 11) is 0. The molecule has 36 heavy (non-hydrogen) atoms. The minimum absolute atomic E-state index is 0.00241. The van der Waals surface area contributed by atoms with Crippen LogP contribution >= 0.6 is 11.6 Å². The van der Waals surface area contributed by atoms with Crippen LogP contribution in [-0.4, -0.2) is 58.2 Å². The van der Waals surface area contributed by atoms with Gasteiger partial charge in [0.2, 0.25) is 5.91 Å². The highest BCUT2D eigenvalue weighted by atomic mass is 35.5. The zero-order chi connectivity index (χ0) is 25.1. The number of likely N-dealkylation sites (tertiary alicyclic amines) is 1. The van der Waals surface area contributed by atoms with Gasteiger partial charge in [0.05, 0.1) is 29.4 Å². The van der Waals surface area contributed by atoms with Gasteiger partial charge in [0.15, 0.2) is 0 Å². The van der Waals surface area contributed by atoms with Gasteiger partial charge in [-0.05, 0) is 49.4 Å². The Morgan fingerprint density at radius 2 is 2.11 bits per heavy atom. The third kappa shape index (κ3) is 5.75. The zero-order valence-corrected chi connectivity index (χ0v) is 20.3. The maximum absolute atomic E-state index is 13.6. The molecule has 188 valence electrons. The van der Waals surface area contributed by atoms with Crippen molar-refractivity contribution >= 4 is 45.6 Å². The van der Waals surface area contributed by atoms with Gasteiger partial charge in [-0.25, -0.2) is 14.4 Å². The van der Waals surface area contributed by atoms with Crippen molar-refractivity contribution in [2.75, 3.05) is 36.9 Å². The van der Waals surface area contributed by atoms with Crippen molar-refractivity contribution < 1.29 is 19.0 Å². The zero-order valence-electron chi connectivity index (χ0n) is 19.6. The second-order valence-corrected chi connectivity index (χ2v) is 9.51. The van der Waals surface area contributed by atoms with Crippen molar-refractivity contribution in [3.05, 3.63) is 59.7 Å². The molecule has 1 amide bonds. The van der Waals surface area contributed by atoms with Crippen molar-refractivity contribution in [3.63, 3.8) is 0 Å². The number of nitrogens with zero attached hydrogens (tertiary/aromatic N) is 3. The largest absolute Gasteiger partial charge is 0.491 e. The number of anilines is 3. The molecule has 2 fully saturated rings. The number of carbonyl (C=O) groups excluding carboxylic acids is 1. The molecule has 1 saturated heterocycles. The fourth-order valence-electron chi connectivity index (χ4n) is 4.01. The van der Waals surface area contributed by atoms with Gasteiger partial charge in [0, 0.05) is 42.3 Å². The number of ether oxygens (including phenoxy) is 1. The molecule has 0 bridgehead atoms. The number of carbonyl (C=O) groups is 1. The van der Waals surface area contributed by atoms with Crippen LogP contribution in [-0.2, 0) is 4.79 Å². The summed E-state index contributed by atoms with van der Waals surface area (Å²) >= 11 is 5.92. The Morgan fingerprint density at radius 3 is 2.83 bits per heavy atom. The number of benzene rings is 2. The average Bonchev–Trinajstić information content (AvgIpc) is 3.67. The Balaban J connectivity index is 1.38. The molecular weight excluding hydrogens is 485 g/mol. The number of aliphatic hydroxyl groups excluding tert-OH is 1. The van der Waals surface area contributed by atoms with Crippen molar-refractivity contribution in [3.8, 4) is 5.75 Å². The van der Waals surface area contributed by atoms with Crippen LogP contribution in [0.5, 0.6) is 5.75 Å². The molecule has 0 radical (unpaired) electrons. The van der Waals surface area contributed by atoms with Crippen LogP contribution in [0.3, 0.4) is 0 Å². The topological polar surface area (TPSA) is 99.6 Å². The van der Waals surface area contributed by atoms with Gasteiger partial charge in [-0.3, -0.25) is 9.69 Å². The molecule has 5 rings (SSSR count). The lowest BCUT2D eigenvalue weighted by Gasteiger charge is -2.39. The Kier molecular flexibility index (Phi) is 7.31. The summed E-state index contributed by atoms with van der Waals surface area (Å²) in [6, 6.07) is 8.04. The Morgan fingerprint density at radius 1 is 1.25 bits per heavy atom. The van der Waals surface area contributed by atoms with E-state index in [4.69, 9.17) is 16.3 Å². The third-order valence-electron chi connectivity index (χ3n) is 6.43. The molecule has 2 aromatic carbocycles. The smallest absolute Gasteiger partial charge is 0.248 e. The summed E-state index contributed by atoms with van der Waals surface area (Å²) in [5.74, 6) is 0.754. The number of amides is 1. The first-order valence-electron chi connectivity index (χ1n) is 12.0. The van der Waals surface area contributed by atoms with E-state index < -0.39 is 5.82 Å². The van der Waals surface area contributed by atoms with E-state index in [-0.39, 0.29) is 23.6 Å². The van der Waals surface area contributed by atoms with Crippen molar-refractivity contribution in [2.24, 2.45) is 5.92 Å². The van der Waals surface area contributed by atoms with Crippen LogP contribution < -0.4 is 15.4 Å². The number of aromatic nitrogens is 2. The van der Waals surface area contributed by atoms with E-state index in [1.165, 1.54) is 24.5 Å². The molecule has 1 saturated carbocycles. The van der Waals surface area contributed by atoms with E-state index in [2.05, 4.69) is 25.5 Å². The molecular formula is C26H27ClFN5O3. The third-order valence-corrected chi connectivity index (χ3v) is 6.72. The van der Waals surface area contributed by atoms with Crippen molar-refractivity contribution in [2.45, 2.75) is 25.3 Å². The van der Waals surface area contributed by atoms with Crippen LogP contribution in [0.15, 0.2) is 48.8 Å². The summed E-state index contributed by atoms with van der Waals surface area (Å²) in [5, 5.41) is 16.0. The van der Waals surface area contributed by atoms with Gasteiger partial charge < -0.3 is 20.5 Å². The second-order valence-electron chi connectivity index (χ2n) is 9.11. The van der Waals surface area contributed by atoms with Gasteiger partial charge in [0.1, 0.15) is 23.7 Å². The van der Waals surface area contributed by atoms with Gasteiger partial charge >= 0.3 is 0 Å². The van der Waals surface area contributed by atoms with Crippen LogP contribution in [0.2, 0.25) is 5.02 Å². The molecule has 0 spiro atoms. The van der Waals surface area contributed by atoms with Crippen molar-refractivity contribution in [1.29, 1.82) is 0 Å². The number of halogens is 2. The van der Waals surface area contributed by atoms with E-state index in [0.29, 0.717) is 52.9 Å². The van der Waals surface area contributed by atoms with Crippen molar-refractivity contribution in [1.82, 2.24) is 14.9 Å². The quantitative estimate of drug-likeness (QED) is 0.344. The van der Waals surface area contributed by atoms with Crippen LogP contribution in [0, 0.1) is 11.7 Å². The first-order chi connectivity index (χ1) is 17.5. The predicted molar refractivity (Wildman–Crippen MR) is 137 cm³/mol. The number of aliphatic hydroxyl groups is 1. The van der Waals surface area contributed by atoms with E-state index in [0.717, 1.165) is 25.8 Å². The lowest BCUT2D eigenvalue weighted by molar-refractivity contribution is -0.111. The highest BCUT2D eigenvalue weighted by Gasteiger charge is 2.25. The number of hydrogen-bond acceptors (Lipinski definition) is 7. The van der Waals surface area contributed by atoms with Crippen LogP contribution in [0.1, 0.15) is 19.3 Å². The molecule has 2 aliphatic rings. The standard InChI is InChI=1S/C26H27ClFN5O3/c27-20-10-17(5-6-21(20)28)31-26-19-11-23(32-25(35)2-1-8-33-9-7-18(33)13-34)24(36-14-16-3-4-16)12-22(19)29-15-30-26/h1-2,5-6,10-12,15-16,18,34H,3-4,7-9,13-14H2,(H,32,35)(H,29,30,31). The second kappa shape index (κ2) is 10.8. The van der Waals surface area contributed by atoms with Gasteiger partial charge in [0.25, 0.3) is 0 Å². The van der Waals surface area contributed by atoms with Crippen LogP contribution in [0.25, 0.3) is 10.9 Å². The summed E-state index contributed by atoms with van der Waals surface area (Å²) in [4.78, 5) is 23.5. The first kappa shape index (κ1) is 24.4. The number of rotatable bonds is 10. The number of nitrogens with one attached hydrogen (secondary N) is 2. The van der Waals surface area contributed by atoms with E-state index in [1.807, 2.05) is 0 Å². The first-order valence-corrected chi connectivity index (χ1v) is 12.3. The van der Waals surface area contributed by atoms with E-state index in [1.54, 1.807) is 24.3 Å². The lowest BCUT2D eigenvalue weighted by Crippen LogP contribution is -2.49. The lowest BCUT2D eigenvalue weighted by atomic mass is 10.0. The minimum Gasteiger partial charge on any atom is -0.491 e. The molecule has 1 unspecified atom stereocenters. The summed E-state index contributed by atoms with van der Waals surface area (Å²) in [5.41, 5.74) is 1.70. The molecule has 1 atom stereocenters. The summed E-state index contributed by atoms with van der Waals surface area (Å²) in [6.45, 7) is 2.22. The highest BCUT2D eigenvalue weighted by molar-refractivity contribution is 6.31. The summed E-state index contributed by atoms with van der Waals surface area (Å²) < 4.78 is 19.6. The normalized spacial score (nSPS) is 17.8. The fraction of sp³-hybridized carbons (Fsp3) is 0.346. The number of fused-ring (bicyclic) bond motifs is 1. The molecule has 2 heterocycles. The summed E-state index contributed by atoms with van der Waals surface area (Å²) in [6.07, 6.45) is 7.95. The predicted octanol–water partition coefficient (Wildman–Crippen LogP) is 4.52. The van der Waals surface area contributed by atoms with E-state index >= 15 is 0 Å². The van der Waals surface area contributed by atoms with Gasteiger partial charge in [-0.15, -0.1) is 0 Å². The maximum Gasteiger partial charge on any atom is 0.248 e. The Bertz CT molecular complexity index is 1300. The number of hydrogen-bond donors (Lipinski definition) is 3. The molecule has 1 aliphatic carbocycles. The Hall–Kier alpha value is -3.27. The Labute approximate surface area is 213 Å². The SMILES string of the molecule is O=C(C=CCN1CCC1CO)Nc1cc2c(Nc3ccc(F)c(Cl)c3)ncnc2cc1OCC1CC1. The fourth-order valence-corrected chi connectivity index (χ4v) is 4.19. The molecule has 1 aromatic heterocycles. The van der Waals surface area contributed by atoms with Crippen LogP contribution in [0.4, 0.5) is 21.6 Å². The monoisotopic (exact) mass is 511 g/mol. The minimum atomic E-state index is -0.508. The molecule has 8 nitrogen and oxygen atoms in total. The molecule has 3 aromatic rings.